The highest BCUT2D eigenvalue weighted by Gasteiger charge is 2.34. The van der Waals surface area contributed by atoms with Crippen molar-refractivity contribution < 1.29 is 22.7 Å². The van der Waals surface area contributed by atoms with E-state index < -0.39 is 21.9 Å². The molecule has 0 spiro atoms. The molecule has 1 heterocycles. The van der Waals surface area contributed by atoms with E-state index in [0.29, 0.717) is 0 Å². The standard InChI is InChI=1S/C12H15ClFNO4S/c1-8-5-15(6-10(7-16)19-8)20(17,18)12-4-9(14)2-3-11(12)13/h2-4,8,10,16H,5-7H2,1H3. The number of aliphatic hydroxyl groups is 1. The molecule has 2 unspecified atom stereocenters. The number of morpholine rings is 1. The maximum atomic E-state index is 13.3. The van der Waals surface area contributed by atoms with Crippen molar-refractivity contribution in [2.45, 2.75) is 24.0 Å². The van der Waals surface area contributed by atoms with Crippen LogP contribution in [0.25, 0.3) is 0 Å². The molecule has 2 rings (SSSR count). The second kappa shape index (κ2) is 5.95. The first-order chi connectivity index (χ1) is 9.34. The second-order valence-electron chi connectivity index (χ2n) is 4.65. The maximum absolute atomic E-state index is 13.3. The number of rotatable bonds is 3. The summed E-state index contributed by atoms with van der Waals surface area (Å²) in [6, 6.07) is 3.20. The Kier molecular flexibility index (Phi) is 4.66. The van der Waals surface area contributed by atoms with Crippen LogP contribution >= 0.6 is 11.6 Å². The van der Waals surface area contributed by atoms with Crippen LogP contribution in [0.15, 0.2) is 23.1 Å². The van der Waals surface area contributed by atoms with Crippen molar-refractivity contribution in [1.82, 2.24) is 4.31 Å². The number of sulfonamides is 1. The number of ether oxygens (including phenoxy) is 1. The van der Waals surface area contributed by atoms with Crippen molar-refractivity contribution in [2.75, 3.05) is 19.7 Å². The Bertz CT molecular complexity index is 595. The van der Waals surface area contributed by atoms with Crippen LogP contribution in [0.2, 0.25) is 5.02 Å². The fraction of sp³-hybridized carbons (Fsp3) is 0.500. The summed E-state index contributed by atoms with van der Waals surface area (Å²) < 4.78 is 44.8. The Labute approximate surface area is 122 Å². The molecule has 1 fully saturated rings. The molecule has 1 aliphatic heterocycles. The molecule has 1 aromatic rings. The van der Waals surface area contributed by atoms with Gasteiger partial charge in [0.05, 0.1) is 23.8 Å². The SMILES string of the molecule is CC1CN(S(=O)(=O)c2cc(F)ccc2Cl)CC(CO)O1. The fourth-order valence-electron chi connectivity index (χ4n) is 2.11. The summed E-state index contributed by atoms with van der Waals surface area (Å²) in [4.78, 5) is -0.273. The summed E-state index contributed by atoms with van der Waals surface area (Å²) in [6.07, 6.45) is -0.955. The van der Waals surface area contributed by atoms with Crippen molar-refractivity contribution in [3.05, 3.63) is 29.0 Å². The van der Waals surface area contributed by atoms with Crippen LogP contribution in [0.3, 0.4) is 0 Å². The summed E-state index contributed by atoms with van der Waals surface area (Å²) in [7, 11) is -3.92. The second-order valence-corrected chi connectivity index (χ2v) is 6.96. The van der Waals surface area contributed by atoms with Gasteiger partial charge in [0.2, 0.25) is 10.0 Å². The Morgan fingerprint density at radius 1 is 1.50 bits per heavy atom. The summed E-state index contributed by atoms with van der Waals surface area (Å²) in [5.74, 6) is -0.673. The lowest BCUT2D eigenvalue weighted by Crippen LogP contribution is -2.50. The molecule has 1 aromatic carbocycles. The number of benzene rings is 1. The zero-order chi connectivity index (χ0) is 14.9. The van der Waals surface area contributed by atoms with Crippen molar-refractivity contribution in [3.8, 4) is 0 Å². The molecule has 1 aliphatic rings. The number of nitrogens with zero attached hydrogens (tertiary/aromatic N) is 1. The largest absolute Gasteiger partial charge is 0.394 e. The van der Waals surface area contributed by atoms with Crippen LogP contribution in [0, 0.1) is 5.82 Å². The number of aliphatic hydroxyl groups excluding tert-OH is 1. The summed E-state index contributed by atoms with van der Waals surface area (Å²) in [6.45, 7) is 1.56. The van der Waals surface area contributed by atoms with E-state index in [-0.39, 0.29) is 35.7 Å². The Hall–Kier alpha value is -0.730. The van der Waals surface area contributed by atoms with Gasteiger partial charge in [-0.25, -0.2) is 12.8 Å². The maximum Gasteiger partial charge on any atom is 0.244 e. The molecule has 2 atom stereocenters. The molecule has 8 heteroatoms. The van der Waals surface area contributed by atoms with Gasteiger partial charge in [-0.15, -0.1) is 0 Å². The molecule has 0 saturated carbocycles. The smallest absolute Gasteiger partial charge is 0.244 e. The molecule has 5 nitrogen and oxygen atoms in total. The molecule has 0 radical (unpaired) electrons. The van der Waals surface area contributed by atoms with Gasteiger partial charge in [0.15, 0.2) is 0 Å². The van der Waals surface area contributed by atoms with Crippen molar-refractivity contribution >= 4 is 21.6 Å². The summed E-state index contributed by atoms with van der Waals surface area (Å²) >= 11 is 5.85. The molecule has 0 aliphatic carbocycles. The van der Waals surface area contributed by atoms with Crippen LogP contribution in [-0.4, -0.2) is 49.7 Å². The Balaban J connectivity index is 2.36. The third-order valence-electron chi connectivity index (χ3n) is 3.01. The first-order valence-corrected chi connectivity index (χ1v) is 7.88. The van der Waals surface area contributed by atoms with Gasteiger partial charge >= 0.3 is 0 Å². The lowest BCUT2D eigenvalue weighted by Gasteiger charge is -2.35. The van der Waals surface area contributed by atoms with Crippen LogP contribution < -0.4 is 0 Å². The molecular weight excluding hydrogens is 309 g/mol. The molecule has 1 N–H and O–H groups in total. The first kappa shape index (κ1) is 15.7. The summed E-state index contributed by atoms with van der Waals surface area (Å²) in [5.41, 5.74) is 0. The van der Waals surface area contributed by atoms with Gasteiger partial charge in [-0.05, 0) is 25.1 Å². The normalized spacial score (nSPS) is 24.8. The van der Waals surface area contributed by atoms with Crippen LogP contribution in [0.1, 0.15) is 6.92 Å². The average molecular weight is 324 g/mol. The van der Waals surface area contributed by atoms with Crippen molar-refractivity contribution in [1.29, 1.82) is 0 Å². The van der Waals surface area contributed by atoms with Gasteiger partial charge in [0.25, 0.3) is 0 Å². The van der Waals surface area contributed by atoms with E-state index in [1.54, 1.807) is 6.92 Å². The van der Waals surface area contributed by atoms with E-state index >= 15 is 0 Å². The molecule has 112 valence electrons. The predicted molar refractivity (Wildman–Crippen MR) is 71.6 cm³/mol. The molecule has 0 aromatic heterocycles. The minimum Gasteiger partial charge on any atom is -0.394 e. The van der Waals surface area contributed by atoms with Gasteiger partial charge in [-0.3, -0.25) is 0 Å². The fourth-order valence-corrected chi connectivity index (χ4v) is 4.15. The molecule has 0 amide bonds. The lowest BCUT2D eigenvalue weighted by molar-refractivity contribution is -0.0750. The average Bonchev–Trinajstić information content (AvgIpc) is 2.40. The first-order valence-electron chi connectivity index (χ1n) is 6.06. The van der Waals surface area contributed by atoms with E-state index in [0.717, 1.165) is 16.4 Å². The minimum absolute atomic E-state index is 0.00994. The van der Waals surface area contributed by atoms with Gasteiger partial charge in [-0.1, -0.05) is 11.6 Å². The summed E-state index contributed by atoms with van der Waals surface area (Å²) in [5, 5.41) is 9.09. The molecular formula is C12H15ClFNO4S. The van der Waals surface area contributed by atoms with Gasteiger partial charge < -0.3 is 9.84 Å². The Morgan fingerprint density at radius 3 is 2.85 bits per heavy atom. The van der Waals surface area contributed by atoms with Crippen molar-refractivity contribution in [3.63, 3.8) is 0 Å². The predicted octanol–water partition coefficient (Wildman–Crippen LogP) is 1.25. The number of halogens is 2. The van der Waals surface area contributed by atoms with Gasteiger partial charge in [-0.2, -0.15) is 4.31 Å². The zero-order valence-corrected chi connectivity index (χ0v) is 12.4. The van der Waals surface area contributed by atoms with Crippen molar-refractivity contribution in [2.24, 2.45) is 0 Å². The topological polar surface area (TPSA) is 66.8 Å². The van der Waals surface area contributed by atoms with E-state index in [9.17, 15) is 12.8 Å². The van der Waals surface area contributed by atoms with Crippen LogP contribution in [0.5, 0.6) is 0 Å². The lowest BCUT2D eigenvalue weighted by atomic mass is 10.2. The molecule has 0 bridgehead atoms. The highest BCUT2D eigenvalue weighted by Crippen LogP contribution is 2.27. The highest BCUT2D eigenvalue weighted by atomic mass is 35.5. The quantitative estimate of drug-likeness (QED) is 0.909. The van der Waals surface area contributed by atoms with E-state index in [2.05, 4.69) is 0 Å². The monoisotopic (exact) mass is 323 g/mol. The van der Waals surface area contributed by atoms with Crippen LogP contribution in [0.4, 0.5) is 4.39 Å². The number of hydrogen-bond donors (Lipinski definition) is 1. The van der Waals surface area contributed by atoms with E-state index in [1.807, 2.05) is 0 Å². The minimum atomic E-state index is -3.92. The Morgan fingerprint density at radius 2 is 2.20 bits per heavy atom. The van der Waals surface area contributed by atoms with Crippen LogP contribution in [-0.2, 0) is 14.8 Å². The zero-order valence-electron chi connectivity index (χ0n) is 10.8. The molecule has 20 heavy (non-hydrogen) atoms. The van der Waals surface area contributed by atoms with Gasteiger partial charge in [0, 0.05) is 13.1 Å². The van der Waals surface area contributed by atoms with E-state index in [1.165, 1.54) is 6.07 Å². The van der Waals surface area contributed by atoms with E-state index in [4.69, 9.17) is 21.4 Å². The third kappa shape index (κ3) is 3.12. The third-order valence-corrected chi connectivity index (χ3v) is 5.32. The highest BCUT2D eigenvalue weighted by molar-refractivity contribution is 7.89. The van der Waals surface area contributed by atoms with Gasteiger partial charge in [0.1, 0.15) is 10.7 Å². The molecule has 1 saturated heterocycles. The number of hydrogen-bond acceptors (Lipinski definition) is 4.